The van der Waals surface area contributed by atoms with Gasteiger partial charge in [-0.2, -0.15) is 0 Å². The molecule has 3 rings (SSSR count). The minimum atomic E-state index is -0.164. The molecule has 2 aliphatic rings. The molecule has 0 saturated carbocycles. The Bertz CT molecular complexity index is 505. The van der Waals surface area contributed by atoms with Crippen LogP contribution in [0.25, 0.3) is 0 Å². The molecule has 0 bridgehead atoms. The summed E-state index contributed by atoms with van der Waals surface area (Å²) in [6, 6.07) is 7.27. The summed E-state index contributed by atoms with van der Waals surface area (Å²) < 4.78 is 13.2. The lowest BCUT2D eigenvalue weighted by atomic mass is 10.1. The fraction of sp³-hybridized carbons (Fsp3) is 0.588. The van der Waals surface area contributed by atoms with Gasteiger partial charge >= 0.3 is 0 Å². The zero-order valence-corrected chi connectivity index (χ0v) is 12.4. The minimum absolute atomic E-state index is 0.164. The number of nitrogens with zero attached hydrogens (tertiary/aromatic N) is 2. The number of hydrogen-bond acceptors (Lipinski definition) is 2. The summed E-state index contributed by atoms with van der Waals surface area (Å²) in [6.07, 6.45) is 5.00. The highest BCUT2D eigenvalue weighted by atomic mass is 19.1. The molecule has 0 radical (unpaired) electrons. The molecule has 2 fully saturated rings. The predicted molar refractivity (Wildman–Crippen MR) is 80.3 cm³/mol. The number of amides is 1. The number of benzene rings is 1. The minimum Gasteiger partial charge on any atom is -0.340 e. The number of likely N-dealkylation sites (tertiary alicyclic amines) is 2. The molecular weight excluding hydrogens is 267 g/mol. The van der Waals surface area contributed by atoms with E-state index in [1.807, 2.05) is 6.07 Å². The largest absolute Gasteiger partial charge is 0.340 e. The van der Waals surface area contributed by atoms with Gasteiger partial charge in [0, 0.05) is 32.1 Å². The fourth-order valence-corrected chi connectivity index (χ4v) is 3.56. The van der Waals surface area contributed by atoms with Crippen molar-refractivity contribution in [1.29, 1.82) is 0 Å². The monoisotopic (exact) mass is 290 g/mol. The topological polar surface area (TPSA) is 23.6 Å². The van der Waals surface area contributed by atoms with E-state index in [9.17, 15) is 9.18 Å². The van der Waals surface area contributed by atoms with Crippen LogP contribution in [0.5, 0.6) is 0 Å². The van der Waals surface area contributed by atoms with Gasteiger partial charge in [-0.1, -0.05) is 12.1 Å². The van der Waals surface area contributed by atoms with Crippen molar-refractivity contribution in [2.75, 3.05) is 19.6 Å². The first-order valence-corrected chi connectivity index (χ1v) is 7.98. The molecule has 114 valence electrons. The van der Waals surface area contributed by atoms with Crippen molar-refractivity contribution in [3.05, 3.63) is 35.6 Å². The lowest BCUT2D eigenvalue weighted by molar-refractivity contribution is -0.129. The van der Waals surface area contributed by atoms with Crippen molar-refractivity contribution >= 4 is 5.91 Å². The zero-order valence-electron chi connectivity index (χ0n) is 12.4. The van der Waals surface area contributed by atoms with Crippen LogP contribution < -0.4 is 0 Å². The van der Waals surface area contributed by atoms with Gasteiger partial charge in [-0.3, -0.25) is 9.69 Å². The Morgan fingerprint density at radius 2 is 2.05 bits per heavy atom. The van der Waals surface area contributed by atoms with E-state index in [0.717, 1.165) is 63.8 Å². The van der Waals surface area contributed by atoms with E-state index in [0.29, 0.717) is 11.9 Å². The second-order valence-electron chi connectivity index (χ2n) is 6.18. The Hall–Kier alpha value is -1.42. The maximum atomic E-state index is 13.2. The Morgan fingerprint density at radius 3 is 2.81 bits per heavy atom. The van der Waals surface area contributed by atoms with Crippen molar-refractivity contribution in [2.24, 2.45) is 0 Å². The van der Waals surface area contributed by atoms with Gasteiger partial charge in [0.2, 0.25) is 5.91 Å². The molecule has 4 heteroatoms. The Morgan fingerprint density at radius 1 is 1.14 bits per heavy atom. The third-order valence-electron chi connectivity index (χ3n) is 4.64. The van der Waals surface area contributed by atoms with Crippen LogP contribution in [0, 0.1) is 5.82 Å². The van der Waals surface area contributed by atoms with Gasteiger partial charge in [0.25, 0.3) is 0 Å². The van der Waals surface area contributed by atoms with Crippen LogP contribution in [0.1, 0.15) is 37.7 Å². The van der Waals surface area contributed by atoms with Crippen LogP contribution in [-0.4, -0.2) is 41.4 Å². The molecule has 21 heavy (non-hydrogen) atoms. The smallest absolute Gasteiger partial charge is 0.222 e. The normalized spacial score (nSPS) is 24.3. The number of carbonyl (C=O) groups is 1. The number of hydrogen-bond donors (Lipinski definition) is 0. The second kappa shape index (κ2) is 6.56. The van der Waals surface area contributed by atoms with Gasteiger partial charge < -0.3 is 4.90 Å². The predicted octanol–water partition coefficient (Wildman–Crippen LogP) is 2.80. The van der Waals surface area contributed by atoms with E-state index >= 15 is 0 Å². The highest BCUT2D eigenvalue weighted by Gasteiger charge is 2.29. The highest BCUT2D eigenvalue weighted by Crippen LogP contribution is 2.23. The first-order chi connectivity index (χ1) is 10.2. The van der Waals surface area contributed by atoms with Crippen LogP contribution in [0.4, 0.5) is 4.39 Å². The van der Waals surface area contributed by atoms with E-state index in [1.54, 1.807) is 12.1 Å². The summed E-state index contributed by atoms with van der Waals surface area (Å²) in [5.74, 6) is 0.168. The van der Waals surface area contributed by atoms with E-state index < -0.39 is 0 Å². The molecule has 2 heterocycles. The molecule has 2 aliphatic heterocycles. The summed E-state index contributed by atoms with van der Waals surface area (Å²) in [5.41, 5.74) is 1.03. The maximum Gasteiger partial charge on any atom is 0.222 e. The molecule has 1 atom stereocenters. The maximum absolute atomic E-state index is 13.2. The summed E-state index contributed by atoms with van der Waals surface area (Å²) in [6.45, 7) is 3.77. The van der Waals surface area contributed by atoms with Crippen molar-refractivity contribution in [2.45, 2.75) is 44.7 Å². The van der Waals surface area contributed by atoms with E-state index in [4.69, 9.17) is 0 Å². The van der Waals surface area contributed by atoms with Gasteiger partial charge in [0.05, 0.1) is 0 Å². The molecule has 3 nitrogen and oxygen atoms in total. The van der Waals surface area contributed by atoms with Gasteiger partial charge in [-0.25, -0.2) is 4.39 Å². The van der Waals surface area contributed by atoms with Gasteiger partial charge in [0.15, 0.2) is 0 Å². The second-order valence-corrected chi connectivity index (χ2v) is 6.18. The van der Waals surface area contributed by atoms with Crippen LogP contribution in [-0.2, 0) is 11.3 Å². The zero-order chi connectivity index (χ0) is 14.7. The number of rotatable bonds is 3. The van der Waals surface area contributed by atoms with Crippen LogP contribution in [0.15, 0.2) is 24.3 Å². The molecule has 1 aromatic carbocycles. The van der Waals surface area contributed by atoms with Crippen molar-refractivity contribution in [1.82, 2.24) is 9.80 Å². The number of carbonyl (C=O) groups excluding carboxylic acids is 1. The quantitative estimate of drug-likeness (QED) is 0.854. The lowest BCUT2D eigenvalue weighted by Crippen LogP contribution is -2.36. The Balaban J connectivity index is 1.57. The molecule has 0 aromatic heterocycles. The third-order valence-corrected chi connectivity index (χ3v) is 4.64. The van der Waals surface area contributed by atoms with E-state index in [-0.39, 0.29) is 5.82 Å². The first-order valence-electron chi connectivity index (χ1n) is 7.98. The SMILES string of the molecule is O=C1CCCN1C1CCCN(Cc2cccc(F)c2)CC1. The summed E-state index contributed by atoms with van der Waals surface area (Å²) in [4.78, 5) is 16.3. The van der Waals surface area contributed by atoms with Crippen LogP contribution in [0.2, 0.25) is 0 Å². The van der Waals surface area contributed by atoms with Crippen molar-refractivity contribution in [3.8, 4) is 0 Å². The average Bonchev–Trinajstić information content (AvgIpc) is 2.75. The summed E-state index contributed by atoms with van der Waals surface area (Å²) in [5, 5.41) is 0. The Labute approximate surface area is 125 Å². The molecular formula is C17H23FN2O. The Kier molecular flexibility index (Phi) is 4.54. The van der Waals surface area contributed by atoms with Crippen molar-refractivity contribution in [3.63, 3.8) is 0 Å². The molecule has 2 saturated heterocycles. The first kappa shape index (κ1) is 14.5. The van der Waals surface area contributed by atoms with Gasteiger partial charge in [-0.05, 0) is 49.9 Å². The molecule has 0 N–H and O–H groups in total. The lowest BCUT2D eigenvalue weighted by Gasteiger charge is -2.27. The molecule has 1 amide bonds. The van der Waals surface area contributed by atoms with Crippen LogP contribution in [0.3, 0.4) is 0 Å². The van der Waals surface area contributed by atoms with E-state index in [2.05, 4.69) is 9.80 Å². The van der Waals surface area contributed by atoms with Gasteiger partial charge in [-0.15, -0.1) is 0 Å². The summed E-state index contributed by atoms with van der Waals surface area (Å²) >= 11 is 0. The number of halogens is 1. The molecule has 1 aromatic rings. The van der Waals surface area contributed by atoms with Crippen LogP contribution >= 0.6 is 0 Å². The third kappa shape index (κ3) is 3.62. The summed E-state index contributed by atoms with van der Waals surface area (Å²) in [7, 11) is 0. The fourth-order valence-electron chi connectivity index (χ4n) is 3.56. The van der Waals surface area contributed by atoms with E-state index in [1.165, 1.54) is 6.07 Å². The average molecular weight is 290 g/mol. The highest BCUT2D eigenvalue weighted by molar-refractivity contribution is 5.78. The van der Waals surface area contributed by atoms with Gasteiger partial charge in [0.1, 0.15) is 5.82 Å². The van der Waals surface area contributed by atoms with Crippen molar-refractivity contribution < 1.29 is 9.18 Å². The standard InChI is InChI=1S/C17H23FN2O/c18-15-5-1-4-14(12-15)13-19-9-2-6-16(8-11-19)20-10-3-7-17(20)21/h1,4-5,12,16H,2-3,6-11,13H2. The molecule has 1 unspecified atom stereocenters. The molecule has 0 spiro atoms. The molecule has 0 aliphatic carbocycles.